The van der Waals surface area contributed by atoms with Crippen LogP contribution in [0, 0.1) is 0 Å². The standard InChI is InChI=1S/C10H11NO2/c11-6-7-1-2-10-8(5-7)9(12)3-4-13-10/h1-2,5H,3-4,6,11H2. The van der Waals surface area contributed by atoms with Gasteiger partial charge in [0.2, 0.25) is 0 Å². The summed E-state index contributed by atoms with van der Waals surface area (Å²) < 4.78 is 5.33. The number of benzene rings is 1. The molecule has 1 aliphatic rings. The molecule has 0 aliphatic carbocycles. The van der Waals surface area contributed by atoms with E-state index in [4.69, 9.17) is 10.5 Å². The molecular weight excluding hydrogens is 166 g/mol. The number of carbonyl (C=O) groups is 1. The first-order chi connectivity index (χ1) is 6.31. The normalized spacial score (nSPS) is 15.0. The van der Waals surface area contributed by atoms with Gasteiger partial charge in [-0.2, -0.15) is 0 Å². The van der Waals surface area contributed by atoms with Crippen molar-refractivity contribution in [1.82, 2.24) is 0 Å². The average molecular weight is 177 g/mol. The van der Waals surface area contributed by atoms with Gasteiger partial charge in [-0.1, -0.05) is 6.07 Å². The largest absolute Gasteiger partial charge is 0.492 e. The molecule has 0 atom stereocenters. The van der Waals surface area contributed by atoms with Gasteiger partial charge in [0.1, 0.15) is 5.75 Å². The van der Waals surface area contributed by atoms with Crippen molar-refractivity contribution < 1.29 is 9.53 Å². The number of hydrogen-bond donors (Lipinski definition) is 1. The molecule has 0 fully saturated rings. The SMILES string of the molecule is NCc1ccc2c(c1)C(=O)CCO2. The van der Waals surface area contributed by atoms with Gasteiger partial charge in [0, 0.05) is 13.0 Å². The summed E-state index contributed by atoms with van der Waals surface area (Å²) in [5, 5.41) is 0. The maximum absolute atomic E-state index is 11.4. The fourth-order valence-electron chi connectivity index (χ4n) is 1.44. The van der Waals surface area contributed by atoms with E-state index in [1.165, 1.54) is 0 Å². The second kappa shape index (κ2) is 3.18. The Labute approximate surface area is 76.5 Å². The Bertz CT molecular complexity index is 347. The summed E-state index contributed by atoms with van der Waals surface area (Å²) in [5.41, 5.74) is 7.12. The molecular formula is C10H11NO2. The van der Waals surface area contributed by atoms with E-state index < -0.39 is 0 Å². The highest BCUT2D eigenvalue weighted by Gasteiger charge is 2.17. The minimum absolute atomic E-state index is 0.150. The summed E-state index contributed by atoms with van der Waals surface area (Å²) in [6.45, 7) is 0.953. The van der Waals surface area contributed by atoms with E-state index in [9.17, 15) is 4.79 Å². The Kier molecular flexibility index (Phi) is 2.02. The van der Waals surface area contributed by atoms with Crippen molar-refractivity contribution in [3.05, 3.63) is 29.3 Å². The summed E-state index contributed by atoms with van der Waals surface area (Å²) in [6, 6.07) is 5.52. The van der Waals surface area contributed by atoms with Crippen molar-refractivity contribution in [3.8, 4) is 5.75 Å². The third-order valence-electron chi connectivity index (χ3n) is 2.17. The Morgan fingerprint density at radius 2 is 2.31 bits per heavy atom. The maximum Gasteiger partial charge on any atom is 0.170 e. The highest BCUT2D eigenvalue weighted by atomic mass is 16.5. The smallest absolute Gasteiger partial charge is 0.170 e. The lowest BCUT2D eigenvalue weighted by Gasteiger charge is -2.16. The fourth-order valence-corrected chi connectivity index (χ4v) is 1.44. The Morgan fingerprint density at radius 3 is 3.08 bits per heavy atom. The topological polar surface area (TPSA) is 52.3 Å². The number of ether oxygens (including phenoxy) is 1. The molecule has 0 amide bonds. The molecule has 2 rings (SSSR count). The zero-order valence-corrected chi connectivity index (χ0v) is 7.25. The van der Waals surface area contributed by atoms with E-state index in [0.29, 0.717) is 30.9 Å². The molecule has 1 aliphatic heterocycles. The summed E-state index contributed by atoms with van der Waals surface area (Å²) >= 11 is 0. The first-order valence-electron chi connectivity index (χ1n) is 4.30. The molecule has 0 aromatic heterocycles. The van der Waals surface area contributed by atoms with Crippen LogP contribution < -0.4 is 10.5 Å². The van der Waals surface area contributed by atoms with E-state index in [-0.39, 0.29) is 5.78 Å². The lowest BCUT2D eigenvalue weighted by Crippen LogP contribution is -2.15. The molecule has 1 heterocycles. The molecule has 0 saturated heterocycles. The van der Waals surface area contributed by atoms with Crippen LogP contribution >= 0.6 is 0 Å². The van der Waals surface area contributed by atoms with Gasteiger partial charge in [-0.05, 0) is 17.7 Å². The van der Waals surface area contributed by atoms with Crippen molar-refractivity contribution in [2.24, 2.45) is 5.73 Å². The zero-order chi connectivity index (χ0) is 9.26. The van der Waals surface area contributed by atoms with Crippen LogP contribution in [0.4, 0.5) is 0 Å². The number of fused-ring (bicyclic) bond motifs is 1. The van der Waals surface area contributed by atoms with Crippen molar-refractivity contribution >= 4 is 5.78 Å². The van der Waals surface area contributed by atoms with Crippen LogP contribution in [0.1, 0.15) is 22.3 Å². The summed E-state index contributed by atoms with van der Waals surface area (Å²) in [5.74, 6) is 0.838. The number of ketones is 1. The molecule has 0 spiro atoms. The van der Waals surface area contributed by atoms with Crippen LogP contribution in [0.5, 0.6) is 5.75 Å². The van der Waals surface area contributed by atoms with Crippen LogP contribution in [0.3, 0.4) is 0 Å². The van der Waals surface area contributed by atoms with Crippen molar-refractivity contribution in [3.63, 3.8) is 0 Å². The van der Waals surface area contributed by atoms with Crippen molar-refractivity contribution in [2.75, 3.05) is 6.61 Å². The predicted molar refractivity (Wildman–Crippen MR) is 48.8 cm³/mol. The molecule has 68 valence electrons. The summed E-state index contributed by atoms with van der Waals surface area (Å²) in [4.78, 5) is 11.4. The monoisotopic (exact) mass is 177 g/mol. The number of carbonyl (C=O) groups excluding carboxylic acids is 1. The van der Waals surface area contributed by atoms with Gasteiger partial charge in [-0.15, -0.1) is 0 Å². The van der Waals surface area contributed by atoms with E-state index in [1.54, 1.807) is 0 Å². The molecule has 1 aromatic carbocycles. The number of nitrogens with two attached hydrogens (primary N) is 1. The molecule has 0 bridgehead atoms. The Balaban J connectivity index is 2.47. The lowest BCUT2D eigenvalue weighted by molar-refractivity contribution is 0.0933. The van der Waals surface area contributed by atoms with Crippen LogP contribution in [0.15, 0.2) is 18.2 Å². The minimum atomic E-state index is 0.150. The van der Waals surface area contributed by atoms with Gasteiger partial charge in [-0.25, -0.2) is 0 Å². The second-order valence-electron chi connectivity index (χ2n) is 3.06. The molecule has 2 N–H and O–H groups in total. The fraction of sp³-hybridized carbons (Fsp3) is 0.300. The van der Waals surface area contributed by atoms with E-state index >= 15 is 0 Å². The first-order valence-corrected chi connectivity index (χ1v) is 4.30. The molecule has 13 heavy (non-hydrogen) atoms. The van der Waals surface area contributed by atoms with E-state index in [1.807, 2.05) is 18.2 Å². The van der Waals surface area contributed by atoms with Gasteiger partial charge in [0.15, 0.2) is 5.78 Å². The maximum atomic E-state index is 11.4. The molecule has 0 saturated carbocycles. The minimum Gasteiger partial charge on any atom is -0.492 e. The number of Topliss-reactive ketones (excluding diaryl/α,β-unsaturated/α-hetero) is 1. The van der Waals surface area contributed by atoms with Gasteiger partial charge in [-0.3, -0.25) is 4.79 Å². The van der Waals surface area contributed by atoms with E-state index in [2.05, 4.69) is 0 Å². The summed E-state index contributed by atoms with van der Waals surface area (Å²) in [6.07, 6.45) is 0.473. The van der Waals surface area contributed by atoms with Gasteiger partial charge in [0.05, 0.1) is 12.2 Å². The predicted octanol–water partition coefficient (Wildman–Crippen LogP) is 1.11. The van der Waals surface area contributed by atoms with Crippen molar-refractivity contribution in [2.45, 2.75) is 13.0 Å². The Morgan fingerprint density at radius 1 is 1.46 bits per heavy atom. The van der Waals surface area contributed by atoms with Crippen LogP contribution in [0.25, 0.3) is 0 Å². The van der Waals surface area contributed by atoms with Crippen molar-refractivity contribution in [1.29, 1.82) is 0 Å². The number of hydrogen-bond acceptors (Lipinski definition) is 3. The van der Waals surface area contributed by atoms with Gasteiger partial charge < -0.3 is 10.5 Å². The van der Waals surface area contributed by atoms with Crippen LogP contribution in [0.2, 0.25) is 0 Å². The molecule has 3 nitrogen and oxygen atoms in total. The quantitative estimate of drug-likeness (QED) is 0.699. The third kappa shape index (κ3) is 1.42. The number of rotatable bonds is 1. The summed E-state index contributed by atoms with van der Waals surface area (Å²) in [7, 11) is 0. The molecule has 0 unspecified atom stereocenters. The lowest BCUT2D eigenvalue weighted by atomic mass is 10.0. The van der Waals surface area contributed by atoms with Crippen LogP contribution in [-0.4, -0.2) is 12.4 Å². The molecule has 3 heteroatoms. The average Bonchev–Trinajstić information content (AvgIpc) is 2.18. The zero-order valence-electron chi connectivity index (χ0n) is 7.25. The van der Waals surface area contributed by atoms with Crippen LogP contribution in [-0.2, 0) is 6.54 Å². The Hall–Kier alpha value is -1.35. The highest BCUT2D eigenvalue weighted by molar-refractivity contribution is 5.99. The first kappa shape index (κ1) is 8.26. The molecule has 1 aromatic rings. The second-order valence-corrected chi connectivity index (χ2v) is 3.06. The van der Waals surface area contributed by atoms with E-state index in [0.717, 1.165) is 5.56 Å². The highest BCUT2D eigenvalue weighted by Crippen LogP contribution is 2.25. The third-order valence-corrected chi connectivity index (χ3v) is 2.17. The van der Waals surface area contributed by atoms with Gasteiger partial charge >= 0.3 is 0 Å². The van der Waals surface area contributed by atoms with Gasteiger partial charge in [0.25, 0.3) is 0 Å². The molecule has 0 radical (unpaired) electrons.